The van der Waals surface area contributed by atoms with Gasteiger partial charge in [-0.2, -0.15) is 0 Å². The second kappa shape index (κ2) is 4.60. The van der Waals surface area contributed by atoms with Crippen molar-refractivity contribution < 1.29 is 4.79 Å². The van der Waals surface area contributed by atoms with Crippen molar-refractivity contribution in [2.75, 3.05) is 19.6 Å². The number of likely N-dealkylation sites (tertiary alicyclic amines) is 1. The molecule has 0 spiro atoms. The Morgan fingerprint density at radius 3 is 2.82 bits per heavy atom. The third kappa shape index (κ3) is 1.99. The highest BCUT2D eigenvalue weighted by Gasteiger charge is 2.41. The first-order valence-corrected chi connectivity index (χ1v) is 7.28. The van der Waals surface area contributed by atoms with Crippen LogP contribution in [0.2, 0.25) is 0 Å². The van der Waals surface area contributed by atoms with E-state index in [9.17, 15) is 4.79 Å². The van der Waals surface area contributed by atoms with Crippen LogP contribution >= 0.6 is 0 Å². The van der Waals surface area contributed by atoms with Gasteiger partial charge in [0.15, 0.2) is 0 Å². The normalized spacial score (nSPS) is 41.6. The molecular formula is C14H24N2O. The summed E-state index contributed by atoms with van der Waals surface area (Å²) in [5, 5.41) is 3.46. The average molecular weight is 236 g/mol. The van der Waals surface area contributed by atoms with E-state index >= 15 is 0 Å². The van der Waals surface area contributed by atoms with Gasteiger partial charge in [0.05, 0.1) is 0 Å². The van der Waals surface area contributed by atoms with Crippen LogP contribution in [0.4, 0.5) is 0 Å². The minimum absolute atomic E-state index is 0.328. The van der Waals surface area contributed by atoms with Crippen LogP contribution in [-0.2, 0) is 4.79 Å². The molecule has 0 aromatic heterocycles. The molecule has 1 amide bonds. The predicted molar refractivity (Wildman–Crippen MR) is 67.6 cm³/mol. The van der Waals surface area contributed by atoms with Crippen LogP contribution in [-0.4, -0.2) is 36.5 Å². The Morgan fingerprint density at radius 2 is 2.06 bits per heavy atom. The van der Waals surface area contributed by atoms with Crippen molar-refractivity contribution in [2.24, 2.45) is 17.8 Å². The molecule has 2 heterocycles. The molecule has 0 bridgehead atoms. The molecule has 1 saturated carbocycles. The summed E-state index contributed by atoms with van der Waals surface area (Å²) < 4.78 is 0. The Hall–Kier alpha value is -0.570. The van der Waals surface area contributed by atoms with Crippen LogP contribution in [0.3, 0.4) is 0 Å². The molecule has 1 N–H and O–H groups in total. The molecule has 0 aromatic rings. The number of rotatable bonds is 1. The first-order valence-electron chi connectivity index (χ1n) is 7.28. The van der Waals surface area contributed by atoms with E-state index in [1.54, 1.807) is 0 Å². The Balaban J connectivity index is 1.72. The summed E-state index contributed by atoms with van der Waals surface area (Å²) in [6.07, 6.45) is 6.13. The Morgan fingerprint density at radius 1 is 1.18 bits per heavy atom. The minimum Gasteiger partial charge on any atom is -0.338 e. The van der Waals surface area contributed by atoms with E-state index in [1.807, 2.05) is 0 Å². The molecule has 3 heteroatoms. The fraction of sp³-hybridized carbons (Fsp3) is 0.929. The molecule has 3 aliphatic rings. The standard InChI is InChI=1S/C14H24N2O/c1-10-4-2-6-12(10)14(17)16-7-3-5-11-8-15-9-13(11)16/h10-13,15H,2-9H2,1H3. The Bertz CT molecular complexity index is 305. The van der Waals surface area contributed by atoms with Gasteiger partial charge in [-0.1, -0.05) is 13.3 Å². The van der Waals surface area contributed by atoms with Gasteiger partial charge in [-0.05, 0) is 37.5 Å². The SMILES string of the molecule is CC1CCCC1C(=O)N1CCCC2CNCC21. The predicted octanol–water partition coefficient (Wildman–Crippen LogP) is 1.63. The van der Waals surface area contributed by atoms with Crippen molar-refractivity contribution in [3.63, 3.8) is 0 Å². The zero-order chi connectivity index (χ0) is 11.8. The summed E-state index contributed by atoms with van der Waals surface area (Å²) in [6, 6.07) is 0.504. The Kier molecular flexibility index (Phi) is 3.12. The summed E-state index contributed by atoms with van der Waals surface area (Å²) in [4.78, 5) is 14.9. The summed E-state index contributed by atoms with van der Waals surface area (Å²) in [5.41, 5.74) is 0. The van der Waals surface area contributed by atoms with Gasteiger partial charge in [-0.3, -0.25) is 4.79 Å². The van der Waals surface area contributed by atoms with Crippen molar-refractivity contribution in [3.8, 4) is 0 Å². The monoisotopic (exact) mass is 236 g/mol. The van der Waals surface area contributed by atoms with Crippen LogP contribution < -0.4 is 5.32 Å². The molecule has 4 unspecified atom stereocenters. The highest BCUT2D eigenvalue weighted by Crippen LogP contribution is 2.35. The lowest BCUT2D eigenvalue weighted by Crippen LogP contribution is -2.50. The molecular weight excluding hydrogens is 212 g/mol. The molecule has 2 saturated heterocycles. The van der Waals surface area contributed by atoms with Gasteiger partial charge in [0.25, 0.3) is 0 Å². The molecule has 2 aliphatic heterocycles. The summed E-state index contributed by atoms with van der Waals surface area (Å²) in [6.45, 7) is 5.40. The van der Waals surface area contributed by atoms with Gasteiger partial charge < -0.3 is 10.2 Å². The lowest BCUT2D eigenvalue weighted by Gasteiger charge is -2.39. The lowest BCUT2D eigenvalue weighted by atomic mass is 9.89. The smallest absolute Gasteiger partial charge is 0.226 e. The molecule has 17 heavy (non-hydrogen) atoms. The van der Waals surface area contributed by atoms with Crippen molar-refractivity contribution in [1.82, 2.24) is 10.2 Å². The maximum Gasteiger partial charge on any atom is 0.226 e. The second-order valence-electron chi connectivity index (χ2n) is 6.17. The van der Waals surface area contributed by atoms with E-state index < -0.39 is 0 Å². The van der Waals surface area contributed by atoms with E-state index in [0.29, 0.717) is 23.8 Å². The third-order valence-electron chi connectivity index (χ3n) is 5.14. The molecule has 3 fully saturated rings. The van der Waals surface area contributed by atoms with Gasteiger partial charge in [0.1, 0.15) is 0 Å². The molecule has 4 atom stereocenters. The molecule has 96 valence electrons. The number of carbonyl (C=O) groups excluding carboxylic acids is 1. The third-order valence-corrected chi connectivity index (χ3v) is 5.14. The maximum absolute atomic E-state index is 12.7. The topological polar surface area (TPSA) is 32.3 Å². The number of piperidine rings is 1. The van der Waals surface area contributed by atoms with E-state index in [0.717, 1.165) is 32.0 Å². The number of nitrogens with one attached hydrogen (secondary N) is 1. The quantitative estimate of drug-likeness (QED) is 0.750. The molecule has 3 rings (SSSR count). The highest BCUT2D eigenvalue weighted by molar-refractivity contribution is 5.80. The highest BCUT2D eigenvalue weighted by atomic mass is 16.2. The number of amides is 1. The van der Waals surface area contributed by atoms with E-state index in [4.69, 9.17) is 0 Å². The van der Waals surface area contributed by atoms with Crippen molar-refractivity contribution in [2.45, 2.75) is 45.1 Å². The number of carbonyl (C=O) groups is 1. The lowest BCUT2D eigenvalue weighted by molar-refractivity contribution is -0.140. The van der Waals surface area contributed by atoms with Gasteiger partial charge in [0, 0.05) is 31.6 Å². The number of hydrogen-bond acceptors (Lipinski definition) is 2. The van der Waals surface area contributed by atoms with E-state index in [2.05, 4.69) is 17.1 Å². The average Bonchev–Trinajstić information content (AvgIpc) is 2.95. The number of hydrogen-bond donors (Lipinski definition) is 1. The van der Waals surface area contributed by atoms with Crippen LogP contribution in [0.15, 0.2) is 0 Å². The fourth-order valence-electron chi connectivity index (χ4n) is 4.07. The fourth-order valence-corrected chi connectivity index (χ4v) is 4.07. The second-order valence-corrected chi connectivity index (χ2v) is 6.17. The van der Waals surface area contributed by atoms with Gasteiger partial charge >= 0.3 is 0 Å². The summed E-state index contributed by atoms with van der Waals surface area (Å²) >= 11 is 0. The van der Waals surface area contributed by atoms with Crippen LogP contribution in [0.1, 0.15) is 39.0 Å². The Labute approximate surface area is 104 Å². The van der Waals surface area contributed by atoms with E-state index in [-0.39, 0.29) is 0 Å². The zero-order valence-electron chi connectivity index (χ0n) is 10.8. The molecule has 0 radical (unpaired) electrons. The zero-order valence-corrected chi connectivity index (χ0v) is 10.8. The number of nitrogens with zero attached hydrogens (tertiary/aromatic N) is 1. The molecule has 1 aliphatic carbocycles. The van der Waals surface area contributed by atoms with Gasteiger partial charge in [-0.25, -0.2) is 0 Å². The maximum atomic E-state index is 12.7. The van der Waals surface area contributed by atoms with Crippen LogP contribution in [0.25, 0.3) is 0 Å². The van der Waals surface area contributed by atoms with Crippen molar-refractivity contribution in [1.29, 1.82) is 0 Å². The van der Waals surface area contributed by atoms with E-state index in [1.165, 1.54) is 25.7 Å². The van der Waals surface area contributed by atoms with Gasteiger partial charge in [-0.15, -0.1) is 0 Å². The van der Waals surface area contributed by atoms with Crippen molar-refractivity contribution >= 4 is 5.91 Å². The molecule has 0 aromatic carbocycles. The summed E-state index contributed by atoms with van der Waals surface area (Å²) in [7, 11) is 0. The van der Waals surface area contributed by atoms with Crippen LogP contribution in [0, 0.1) is 17.8 Å². The van der Waals surface area contributed by atoms with Crippen LogP contribution in [0.5, 0.6) is 0 Å². The number of fused-ring (bicyclic) bond motifs is 1. The molecule has 3 nitrogen and oxygen atoms in total. The first-order chi connectivity index (χ1) is 8.27. The minimum atomic E-state index is 0.328. The first kappa shape index (κ1) is 11.5. The van der Waals surface area contributed by atoms with Crippen molar-refractivity contribution in [3.05, 3.63) is 0 Å². The largest absolute Gasteiger partial charge is 0.338 e. The summed E-state index contributed by atoms with van der Waals surface area (Å²) in [5.74, 6) is 2.13. The van der Waals surface area contributed by atoms with Gasteiger partial charge in [0.2, 0.25) is 5.91 Å².